The highest BCUT2D eigenvalue weighted by molar-refractivity contribution is 5.70. The van der Waals surface area contributed by atoms with Gasteiger partial charge in [-0.05, 0) is 73.3 Å². The molecule has 2 saturated carbocycles. The molecule has 148 valence electrons. The number of allylic oxidation sites excluding steroid dienone is 1. The van der Waals surface area contributed by atoms with Gasteiger partial charge in [0, 0.05) is 17.8 Å². The maximum atomic E-state index is 12.1. The molecule has 0 heterocycles. The molecular formula is C24H28O4. The van der Waals surface area contributed by atoms with Gasteiger partial charge in [0.2, 0.25) is 0 Å². The molecule has 4 heteroatoms. The number of fused-ring (bicyclic) bond motifs is 3. The Kier molecular flexibility index (Phi) is 3.66. The van der Waals surface area contributed by atoms with Crippen molar-refractivity contribution < 1.29 is 19.1 Å². The second-order valence-electron chi connectivity index (χ2n) is 9.39. The molecule has 4 aliphatic rings. The molecule has 1 aromatic rings. The van der Waals surface area contributed by atoms with E-state index in [1.807, 2.05) is 0 Å². The van der Waals surface area contributed by atoms with Gasteiger partial charge in [0.15, 0.2) is 0 Å². The Labute approximate surface area is 166 Å². The van der Waals surface area contributed by atoms with Crippen LogP contribution in [0.3, 0.4) is 0 Å². The lowest BCUT2D eigenvalue weighted by atomic mass is 9.48. The minimum Gasteiger partial charge on any atom is -0.497 e. The van der Waals surface area contributed by atoms with Gasteiger partial charge in [0.05, 0.1) is 13.0 Å². The molecule has 0 aromatic heterocycles. The molecule has 2 bridgehead atoms. The lowest BCUT2D eigenvalue weighted by Crippen LogP contribution is -2.54. The Morgan fingerprint density at radius 2 is 2.07 bits per heavy atom. The van der Waals surface area contributed by atoms with Gasteiger partial charge in [-0.25, -0.2) is 0 Å². The first-order valence-corrected chi connectivity index (χ1v) is 10.4. The van der Waals surface area contributed by atoms with Crippen molar-refractivity contribution in [2.24, 2.45) is 22.7 Å². The summed E-state index contributed by atoms with van der Waals surface area (Å²) in [5, 5.41) is 0. The van der Waals surface area contributed by atoms with E-state index in [0.29, 0.717) is 11.8 Å². The molecular weight excluding hydrogens is 352 g/mol. The predicted octanol–water partition coefficient (Wildman–Crippen LogP) is 4.22. The number of rotatable bonds is 3. The van der Waals surface area contributed by atoms with E-state index in [0.717, 1.165) is 44.1 Å². The second kappa shape index (κ2) is 5.71. The summed E-state index contributed by atoms with van der Waals surface area (Å²) >= 11 is 0. The van der Waals surface area contributed by atoms with Gasteiger partial charge in [-0.15, -0.1) is 0 Å². The van der Waals surface area contributed by atoms with E-state index in [4.69, 9.17) is 9.47 Å². The molecule has 0 N–H and O–H groups in total. The van der Waals surface area contributed by atoms with Gasteiger partial charge in [-0.3, -0.25) is 4.79 Å². The van der Waals surface area contributed by atoms with Gasteiger partial charge < -0.3 is 14.3 Å². The zero-order chi connectivity index (χ0) is 19.7. The summed E-state index contributed by atoms with van der Waals surface area (Å²) in [4.78, 5) is 24.0. The van der Waals surface area contributed by atoms with Crippen LogP contribution in [0.15, 0.2) is 30.4 Å². The molecule has 0 spiro atoms. The number of hydrogen-bond acceptors (Lipinski definition) is 4. The molecule has 4 nitrogen and oxygen atoms in total. The van der Waals surface area contributed by atoms with Crippen molar-refractivity contribution in [3.63, 3.8) is 0 Å². The Balaban J connectivity index is 1.60. The number of carbonyl (C=O) groups excluding carboxylic acids is 2. The van der Waals surface area contributed by atoms with Crippen LogP contribution in [-0.2, 0) is 20.7 Å². The number of hydrogen-bond donors (Lipinski definition) is 0. The van der Waals surface area contributed by atoms with Gasteiger partial charge in [-0.1, -0.05) is 19.1 Å². The number of esters is 1. The predicted molar refractivity (Wildman–Crippen MR) is 105 cm³/mol. The van der Waals surface area contributed by atoms with Crippen LogP contribution in [0.4, 0.5) is 0 Å². The topological polar surface area (TPSA) is 52.6 Å². The second-order valence-corrected chi connectivity index (χ2v) is 9.39. The van der Waals surface area contributed by atoms with E-state index in [1.165, 1.54) is 18.1 Å². The highest BCUT2D eigenvalue weighted by atomic mass is 16.6. The van der Waals surface area contributed by atoms with E-state index in [9.17, 15) is 9.59 Å². The highest BCUT2D eigenvalue weighted by Gasteiger charge is 2.76. The number of methoxy groups -OCH3 is 1. The molecule has 4 aliphatic carbocycles. The van der Waals surface area contributed by atoms with Crippen LogP contribution in [0.5, 0.6) is 5.75 Å². The van der Waals surface area contributed by atoms with Crippen molar-refractivity contribution in [3.05, 3.63) is 41.5 Å². The van der Waals surface area contributed by atoms with E-state index in [1.54, 1.807) is 7.11 Å². The lowest BCUT2D eigenvalue weighted by Gasteiger charge is -2.56. The summed E-state index contributed by atoms with van der Waals surface area (Å²) in [5.74, 6) is 1.35. The number of aryl methyl sites for hydroxylation is 1. The van der Waals surface area contributed by atoms with Crippen LogP contribution in [-0.4, -0.2) is 25.0 Å². The van der Waals surface area contributed by atoms with Crippen LogP contribution < -0.4 is 4.74 Å². The standard InChI is InChI=1S/C24H28O4/c1-15(26)28-24-11-10-23(13-17(24)14-25)21-7-4-16-12-18(27-3)5-6-19(16)20(21)8-9-22(23,24)2/h5-6,10-12,14,17,20-21H,4,7-9,13H2,1-3H3/t17-,20+,21-,22-,23-,24+/m0/s1. The molecule has 6 atom stereocenters. The first-order chi connectivity index (χ1) is 13.4. The molecule has 0 radical (unpaired) electrons. The summed E-state index contributed by atoms with van der Waals surface area (Å²) in [6.45, 7) is 3.72. The third kappa shape index (κ3) is 1.92. The van der Waals surface area contributed by atoms with Crippen molar-refractivity contribution >= 4 is 12.3 Å². The zero-order valence-electron chi connectivity index (χ0n) is 16.9. The fraction of sp³-hybridized carbons (Fsp3) is 0.583. The molecule has 5 rings (SSSR count). The molecule has 0 saturated heterocycles. The number of ether oxygens (including phenoxy) is 2. The quantitative estimate of drug-likeness (QED) is 0.448. The molecule has 0 aliphatic heterocycles. The zero-order valence-corrected chi connectivity index (χ0v) is 16.9. The van der Waals surface area contributed by atoms with Crippen molar-refractivity contribution in [3.8, 4) is 5.75 Å². The van der Waals surface area contributed by atoms with Gasteiger partial charge >= 0.3 is 5.97 Å². The summed E-state index contributed by atoms with van der Waals surface area (Å²) in [5.41, 5.74) is 1.79. The minimum atomic E-state index is -0.772. The van der Waals surface area contributed by atoms with E-state index < -0.39 is 5.60 Å². The van der Waals surface area contributed by atoms with E-state index in [-0.39, 0.29) is 22.7 Å². The smallest absolute Gasteiger partial charge is 0.303 e. The van der Waals surface area contributed by atoms with Gasteiger partial charge in [0.25, 0.3) is 0 Å². The number of benzene rings is 1. The van der Waals surface area contributed by atoms with Crippen LogP contribution >= 0.6 is 0 Å². The Morgan fingerprint density at radius 1 is 1.25 bits per heavy atom. The van der Waals surface area contributed by atoms with Crippen LogP contribution in [0, 0.1) is 22.7 Å². The maximum absolute atomic E-state index is 12.1. The fourth-order valence-electron chi connectivity index (χ4n) is 7.50. The summed E-state index contributed by atoms with van der Waals surface area (Å²) < 4.78 is 11.4. The molecule has 0 amide bonds. The summed E-state index contributed by atoms with van der Waals surface area (Å²) in [6.07, 6.45) is 10.4. The highest BCUT2D eigenvalue weighted by Crippen LogP contribution is 2.77. The van der Waals surface area contributed by atoms with Crippen LogP contribution in [0.2, 0.25) is 0 Å². The lowest BCUT2D eigenvalue weighted by molar-refractivity contribution is -0.173. The van der Waals surface area contributed by atoms with Gasteiger partial charge in [0.1, 0.15) is 17.6 Å². The Hall–Kier alpha value is -2.10. The Morgan fingerprint density at radius 3 is 2.79 bits per heavy atom. The largest absolute Gasteiger partial charge is 0.497 e. The first kappa shape index (κ1) is 18.0. The van der Waals surface area contributed by atoms with Crippen LogP contribution in [0.1, 0.15) is 56.6 Å². The first-order valence-electron chi connectivity index (χ1n) is 10.4. The molecule has 0 unspecified atom stereocenters. The van der Waals surface area contributed by atoms with Crippen molar-refractivity contribution in [2.45, 2.75) is 57.5 Å². The van der Waals surface area contributed by atoms with Crippen molar-refractivity contribution in [1.82, 2.24) is 0 Å². The summed E-state index contributed by atoms with van der Waals surface area (Å²) in [7, 11) is 1.72. The monoisotopic (exact) mass is 380 g/mol. The third-order valence-corrected chi connectivity index (χ3v) is 8.68. The summed E-state index contributed by atoms with van der Waals surface area (Å²) in [6, 6.07) is 6.51. The normalized spacial score (nSPS) is 42.3. The molecule has 2 fully saturated rings. The van der Waals surface area contributed by atoms with Gasteiger partial charge in [-0.2, -0.15) is 0 Å². The Bertz CT molecular complexity index is 889. The third-order valence-electron chi connectivity index (χ3n) is 8.68. The maximum Gasteiger partial charge on any atom is 0.303 e. The fourth-order valence-corrected chi connectivity index (χ4v) is 7.50. The van der Waals surface area contributed by atoms with Crippen molar-refractivity contribution in [1.29, 1.82) is 0 Å². The molecule has 1 aromatic carbocycles. The minimum absolute atomic E-state index is 0.0748. The van der Waals surface area contributed by atoms with Crippen LogP contribution in [0.25, 0.3) is 0 Å². The SMILES string of the molecule is COc1ccc2c(c1)CC[C@H]1[C@@H]2CC[C@@]2(C)[C@]13C=C[C@@]2(OC(C)=O)[C@H](C=O)C3. The number of aldehydes is 1. The average Bonchev–Trinajstić information content (AvgIpc) is 3.06. The van der Waals surface area contributed by atoms with E-state index in [2.05, 4.69) is 37.3 Å². The molecule has 28 heavy (non-hydrogen) atoms. The number of carbonyl (C=O) groups is 2. The van der Waals surface area contributed by atoms with E-state index >= 15 is 0 Å². The van der Waals surface area contributed by atoms with Crippen molar-refractivity contribution in [2.75, 3.05) is 7.11 Å². The average molecular weight is 380 g/mol.